The Balaban J connectivity index is 1.68. The zero-order chi connectivity index (χ0) is 22.3. The van der Waals surface area contributed by atoms with Crippen molar-refractivity contribution in [1.82, 2.24) is 25.9 Å². The van der Waals surface area contributed by atoms with Crippen molar-refractivity contribution in [3.05, 3.63) is 106 Å². The van der Waals surface area contributed by atoms with E-state index in [1.807, 2.05) is 0 Å². The Kier molecular flexibility index (Phi) is 6.08. The average molecular weight is 426 g/mol. The number of hydrogen-bond donors (Lipinski definition) is 3. The molecule has 0 saturated carbocycles. The molecule has 32 heavy (non-hydrogen) atoms. The van der Waals surface area contributed by atoms with Gasteiger partial charge < -0.3 is 5.32 Å². The highest BCUT2D eigenvalue weighted by Crippen LogP contribution is 2.20. The molecule has 2 heterocycles. The molecule has 0 unspecified atom stereocenters. The first-order chi connectivity index (χ1) is 15.6. The van der Waals surface area contributed by atoms with Gasteiger partial charge in [-0.05, 0) is 30.3 Å². The van der Waals surface area contributed by atoms with Gasteiger partial charge in [0.2, 0.25) is 0 Å². The average Bonchev–Trinajstić information content (AvgIpc) is 2.84. The molecule has 4 aromatic rings. The summed E-state index contributed by atoms with van der Waals surface area (Å²) in [6, 6.07) is 19.2. The fraction of sp³-hybridized carbons (Fsp3) is 0.0435. The van der Waals surface area contributed by atoms with E-state index in [1.54, 1.807) is 79.0 Å². The summed E-state index contributed by atoms with van der Waals surface area (Å²) in [5.74, 6) is -1.11. The van der Waals surface area contributed by atoms with Crippen molar-refractivity contribution < 1.29 is 9.59 Å². The first kappa shape index (κ1) is 20.6. The summed E-state index contributed by atoms with van der Waals surface area (Å²) < 4.78 is 0. The van der Waals surface area contributed by atoms with Crippen LogP contribution in [0.4, 0.5) is 0 Å². The smallest absolute Gasteiger partial charge is 0.272 e. The normalized spacial score (nSPS) is 11.9. The highest BCUT2D eigenvalue weighted by Gasteiger charge is 2.27. The van der Waals surface area contributed by atoms with E-state index in [9.17, 15) is 14.4 Å². The number of carbonyl (C=O) groups excluding carboxylic acids is 2. The van der Waals surface area contributed by atoms with E-state index in [1.165, 1.54) is 6.21 Å². The van der Waals surface area contributed by atoms with Crippen LogP contribution >= 0.6 is 0 Å². The van der Waals surface area contributed by atoms with Crippen LogP contribution in [0.1, 0.15) is 27.8 Å². The van der Waals surface area contributed by atoms with Gasteiger partial charge in [-0.1, -0.05) is 42.5 Å². The molecule has 2 aromatic heterocycles. The second-order valence-corrected chi connectivity index (χ2v) is 6.74. The lowest BCUT2D eigenvalue weighted by molar-refractivity contribution is -0.123. The van der Waals surface area contributed by atoms with E-state index >= 15 is 0 Å². The quantitative estimate of drug-likeness (QED) is 0.321. The van der Waals surface area contributed by atoms with Crippen molar-refractivity contribution in [3.8, 4) is 0 Å². The van der Waals surface area contributed by atoms with Crippen molar-refractivity contribution in [2.75, 3.05) is 0 Å². The lowest BCUT2D eigenvalue weighted by Gasteiger charge is -2.18. The Hall–Kier alpha value is -4.66. The Bertz CT molecular complexity index is 1340. The fourth-order valence-electron chi connectivity index (χ4n) is 3.10. The van der Waals surface area contributed by atoms with Crippen LogP contribution in [0.15, 0.2) is 88.9 Å². The Morgan fingerprint density at radius 1 is 0.938 bits per heavy atom. The molecule has 0 spiro atoms. The SMILES string of the molecule is O=C(N[C@@H](C(=O)NN=Cc1ccccn1)c1n[nH]c(=O)c2ccccc12)c1ccccc1. The third-order valence-electron chi connectivity index (χ3n) is 4.63. The molecular formula is C23H18N6O3. The molecule has 0 bridgehead atoms. The van der Waals surface area contributed by atoms with E-state index in [0.29, 0.717) is 22.0 Å². The van der Waals surface area contributed by atoms with Crippen LogP contribution in [-0.4, -0.2) is 33.2 Å². The maximum absolute atomic E-state index is 13.0. The number of pyridine rings is 1. The molecule has 2 aromatic carbocycles. The summed E-state index contributed by atoms with van der Waals surface area (Å²) in [6.45, 7) is 0. The van der Waals surface area contributed by atoms with Crippen LogP contribution < -0.4 is 16.3 Å². The van der Waals surface area contributed by atoms with E-state index < -0.39 is 23.4 Å². The van der Waals surface area contributed by atoms with E-state index in [2.05, 4.69) is 31.0 Å². The monoisotopic (exact) mass is 426 g/mol. The molecule has 0 aliphatic carbocycles. The Morgan fingerprint density at radius 2 is 1.66 bits per heavy atom. The van der Waals surface area contributed by atoms with Crippen LogP contribution in [0.3, 0.4) is 0 Å². The summed E-state index contributed by atoms with van der Waals surface area (Å²) in [4.78, 5) is 42.1. The molecule has 0 aliphatic rings. The third-order valence-corrected chi connectivity index (χ3v) is 4.63. The van der Waals surface area contributed by atoms with Gasteiger partial charge >= 0.3 is 0 Å². The van der Waals surface area contributed by atoms with Crippen LogP contribution in [0.5, 0.6) is 0 Å². The highest BCUT2D eigenvalue weighted by molar-refractivity contribution is 5.99. The highest BCUT2D eigenvalue weighted by atomic mass is 16.2. The van der Waals surface area contributed by atoms with Crippen molar-refractivity contribution in [2.24, 2.45) is 5.10 Å². The summed E-state index contributed by atoms with van der Waals surface area (Å²) in [7, 11) is 0. The summed E-state index contributed by atoms with van der Waals surface area (Å²) in [5, 5.41) is 13.9. The molecule has 0 fully saturated rings. The van der Waals surface area contributed by atoms with Crippen LogP contribution in [0.2, 0.25) is 0 Å². The number of aromatic nitrogens is 3. The zero-order valence-electron chi connectivity index (χ0n) is 16.7. The van der Waals surface area contributed by atoms with Gasteiger partial charge in [-0.25, -0.2) is 10.5 Å². The number of nitrogens with one attached hydrogen (secondary N) is 3. The first-order valence-corrected chi connectivity index (χ1v) is 9.70. The number of H-pyrrole nitrogens is 1. The van der Waals surface area contributed by atoms with Gasteiger partial charge in [0.1, 0.15) is 5.69 Å². The number of nitrogens with zero attached hydrogens (tertiary/aromatic N) is 3. The van der Waals surface area contributed by atoms with Gasteiger partial charge in [-0.2, -0.15) is 10.2 Å². The number of hydrogen-bond acceptors (Lipinski definition) is 6. The van der Waals surface area contributed by atoms with Crippen molar-refractivity contribution in [1.29, 1.82) is 0 Å². The topological polar surface area (TPSA) is 129 Å². The number of amides is 2. The van der Waals surface area contributed by atoms with Gasteiger partial charge in [0, 0.05) is 17.1 Å². The van der Waals surface area contributed by atoms with Crippen LogP contribution in [-0.2, 0) is 4.79 Å². The molecular weight excluding hydrogens is 408 g/mol. The zero-order valence-corrected chi connectivity index (χ0v) is 16.7. The molecule has 3 N–H and O–H groups in total. The summed E-state index contributed by atoms with van der Waals surface area (Å²) >= 11 is 0. The van der Waals surface area contributed by atoms with Crippen LogP contribution in [0, 0.1) is 0 Å². The molecule has 2 amide bonds. The molecule has 0 saturated heterocycles. The number of aromatic amines is 1. The summed E-state index contributed by atoms with van der Waals surface area (Å²) in [5.41, 5.74) is 3.12. The maximum Gasteiger partial charge on any atom is 0.272 e. The molecule has 9 heteroatoms. The molecule has 0 radical (unpaired) electrons. The number of fused-ring (bicyclic) bond motifs is 1. The Labute approximate surface area is 182 Å². The minimum atomic E-state index is -1.22. The van der Waals surface area contributed by atoms with E-state index in [0.717, 1.165) is 0 Å². The van der Waals surface area contributed by atoms with Gasteiger partial charge in [-0.3, -0.25) is 19.4 Å². The summed E-state index contributed by atoms with van der Waals surface area (Å²) in [6.07, 6.45) is 2.98. The number of rotatable bonds is 6. The van der Waals surface area contributed by atoms with Gasteiger partial charge in [0.15, 0.2) is 6.04 Å². The lowest BCUT2D eigenvalue weighted by Crippen LogP contribution is -2.40. The minimum Gasteiger partial charge on any atom is -0.335 e. The first-order valence-electron chi connectivity index (χ1n) is 9.70. The minimum absolute atomic E-state index is 0.190. The molecule has 1 atom stereocenters. The molecule has 4 rings (SSSR count). The largest absolute Gasteiger partial charge is 0.335 e. The second-order valence-electron chi connectivity index (χ2n) is 6.74. The molecule has 9 nitrogen and oxygen atoms in total. The molecule has 0 aliphatic heterocycles. The third kappa shape index (κ3) is 4.57. The number of benzene rings is 2. The standard InChI is InChI=1S/C23H18N6O3/c30-21(15-8-2-1-3-9-15)26-20(23(32)28-25-14-16-10-6-7-13-24-16)19-17-11-4-5-12-18(17)22(31)29-27-19/h1-14,20H,(H,26,30)(H,28,32)(H,29,31)/t20-/m1/s1. The van der Waals surface area contributed by atoms with Crippen molar-refractivity contribution in [3.63, 3.8) is 0 Å². The second kappa shape index (κ2) is 9.43. The van der Waals surface area contributed by atoms with E-state index in [-0.39, 0.29) is 5.69 Å². The van der Waals surface area contributed by atoms with Crippen molar-refractivity contribution in [2.45, 2.75) is 6.04 Å². The molecule has 158 valence electrons. The van der Waals surface area contributed by atoms with Crippen molar-refractivity contribution >= 4 is 28.8 Å². The fourth-order valence-corrected chi connectivity index (χ4v) is 3.10. The Morgan fingerprint density at radius 3 is 2.41 bits per heavy atom. The number of hydrazone groups is 1. The van der Waals surface area contributed by atoms with Gasteiger partial charge in [0.05, 0.1) is 17.3 Å². The number of carbonyl (C=O) groups is 2. The van der Waals surface area contributed by atoms with Gasteiger partial charge in [-0.15, -0.1) is 0 Å². The van der Waals surface area contributed by atoms with Crippen LogP contribution in [0.25, 0.3) is 10.8 Å². The van der Waals surface area contributed by atoms with E-state index in [4.69, 9.17) is 0 Å². The predicted octanol–water partition coefficient (Wildman–Crippen LogP) is 1.94. The predicted molar refractivity (Wildman–Crippen MR) is 119 cm³/mol. The van der Waals surface area contributed by atoms with Gasteiger partial charge in [0.25, 0.3) is 17.4 Å². The maximum atomic E-state index is 13.0. The lowest BCUT2D eigenvalue weighted by atomic mass is 10.0.